The van der Waals surface area contributed by atoms with E-state index in [4.69, 9.17) is 4.74 Å². The first-order chi connectivity index (χ1) is 14.4. The molecule has 30 heavy (non-hydrogen) atoms. The topological polar surface area (TPSA) is 68.6 Å². The Hall–Kier alpha value is -3.03. The summed E-state index contributed by atoms with van der Waals surface area (Å²) in [5.41, 5.74) is 0.734. The number of ketones is 1. The maximum Gasteiger partial charge on any atom is 0.293 e. The third-order valence-corrected chi connectivity index (χ3v) is 5.73. The van der Waals surface area contributed by atoms with Crippen LogP contribution in [-0.4, -0.2) is 34.2 Å². The quantitative estimate of drug-likeness (QED) is 0.703. The summed E-state index contributed by atoms with van der Waals surface area (Å²) < 4.78 is 33.5. The molecule has 0 unspecified atom stereocenters. The van der Waals surface area contributed by atoms with Crippen molar-refractivity contribution in [3.05, 3.63) is 63.1 Å². The van der Waals surface area contributed by atoms with E-state index in [-0.39, 0.29) is 24.0 Å². The molecule has 0 spiro atoms. The van der Waals surface area contributed by atoms with E-state index >= 15 is 0 Å². The van der Waals surface area contributed by atoms with E-state index in [2.05, 4.69) is 0 Å². The van der Waals surface area contributed by atoms with Crippen LogP contribution in [0.1, 0.15) is 53.8 Å². The van der Waals surface area contributed by atoms with Crippen molar-refractivity contribution in [1.29, 1.82) is 0 Å². The Bertz CT molecular complexity index is 1070. The van der Waals surface area contributed by atoms with Crippen LogP contribution in [0.15, 0.2) is 29.1 Å². The number of likely N-dealkylation sites (tertiary alicyclic amines) is 1. The second-order valence-electron chi connectivity index (χ2n) is 7.72. The monoisotopic (exact) mass is 416 g/mol. The van der Waals surface area contributed by atoms with Gasteiger partial charge in [0.2, 0.25) is 5.91 Å². The van der Waals surface area contributed by atoms with Gasteiger partial charge < -0.3 is 9.64 Å². The molecule has 4 rings (SSSR count). The zero-order valence-electron chi connectivity index (χ0n) is 16.6. The normalized spacial score (nSPS) is 17.8. The predicted octanol–water partition coefficient (Wildman–Crippen LogP) is 3.02. The molecular weight excluding hydrogens is 394 g/mol. The maximum absolute atomic E-state index is 13.4. The third kappa shape index (κ3) is 3.62. The molecule has 1 amide bonds. The average Bonchev–Trinajstić information content (AvgIpc) is 3.39. The van der Waals surface area contributed by atoms with Gasteiger partial charge in [-0.2, -0.15) is 0 Å². The summed E-state index contributed by atoms with van der Waals surface area (Å²) in [4.78, 5) is 40.1. The van der Waals surface area contributed by atoms with Crippen LogP contribution in [0, 0.1) is 11.6 Å². The van der Waals surface area contributed by atoms with E-state index < -0.39 is 23.2 Å². The molecule has 2 aliphatic rings. The third-order valence-electron chi connectivity index (χ3n) is 5.73. The first-order valence-corrected chi connectivity index (χ1v) is 10.0. The number of hydrogen-bond acceptors (Lipinski definition) is 4. The Morgan fingerprint density at radius 1 is 1.13 bits per heavy atom. The zero-order valence-corrected chi connectivity index (χ0v) is 16.6. The largest absolute Gasteiger partial charge is 0.483 e. The van der Waals surface area contributed by atoms with E-state index in [1.165, 1.54) is 23.6 Å². The summed E-state index contributed by atoms with van der Waals surface area (Å²) in [6.45, 7) is 2.57. The first kappa shape index (κ1) is 20.3. The molecule has 2 aliphatic heterocycles. The van der Waals surface area contributed by atoms with Gasteiger partial charge in [-0.15, -0.1) is 0 Å². The van der Waals surface area contributed by atoms with Crippen LogP contribution in [0.3, 0.4) is 0 Å². The molecule has 0 saturated carbocycles. The van der Waals surface area contributed by atoms with Crippen molar-refractivity contribution in [1.82, 2.24) is 9.47 Å². The van der Waals surface area contributed by atoms with Crippen molar-refractivity contribution in [2.75, 3.05) is 13.1 Å². The number of rotatable bonds is 5. The number of carbonyl (C=O) groups is 2. The SMILES string of the molecule is CC(=O)c1cc(OCc2ccc(F)c(F)c2)c(=O)n2c1CC[C@H]2C(=O)N1CCCC1. The number of aromatic nitrogens is 1. The fraction of sp³-hybridized carbons (Fsp3) is 0.409. The molecule has 3 heterocycles. The van der Waals surface area contributed by atoms with E-state index in [1.54, 1.807) is 4.90 Å². The average molecular weight is 416 g/mol. The lowest BCUT2D eigenvalue weighted by Gasteiger charge is -2.22. The van der Waals surface area contributed by atoms with Crippen molar-refractivity contribution >= 4 is 11.7 Å². The number of fused-ring (bicyclic) bond motifs is 1. The molecule has 0 bridgehead atoms. The van der Waals surface area contributed by atoms with Gasteiger partial charge in [0.1, 0.15) is 12.6 Å². The lowest BCUT2D eigenvalue weighted by molar-refractivity contribution is -0.133. The van der Waals surface area contributed by atoms with Gasteiger partial charge in [0.25, 0.3) is 5.56 Å². The summed E-state index contributed by atoms with van der Waals surface area (Å²) in [5, 5.41) is 0. The Labute approximate surface area is 172 Å². The van der Waals surface area contributed by atoms with E-state index in [0.29, 0.717) is 42.8 Å². The number of hydrogen-bond donors (Lipinski definition) is 0. The second kappa shape index (κ2) is 8.01. The highest BCUT2D eigenvalue weighted by Gasteiger charge is 2.36. The number of ether oxygens (including phenoxy) is 1. The highest BCUT2D eigenvalue weighted by atomic mass is 19.2. The fourth-order valence-corrected chi connectivity index (χ4v) is 4.22. The maximum atomic E-state index is 13.4. The highest BCUT2D eigenvalue weighted by Crippen LogP contribution is 2.31. The molecule has 1 fully saturated rings. The van der Waals surface area contributed by atoms with Crippen LogP contribution in [-0.2, 0) is 17.8 Å². The van der Waals surface area contributed by atoms with Crippen LogP contribution >= 0.6 is 0 Å². The number of benzene rings is 1. The number of carbonyl (C=O) groups excluding carboxylic acids is 2. The van der Waals surface area contributed by atoms with Crippen molar-refractivity contribution in [3.63, 3.8) is 0 Å². The smallest absolute Gasteiger partial charge is 0.293 e. The van der Waals surface area contributed by atoms with Gasteiger partial charge in [0.05, 0.1) is 0 Å². The molecule has 0 radical (unpaired) electrons. The number of Topliss-reactive ketones (excluding diaryl/α,β-unsaturated/α-hetero) is 1. The van der Waals surface area contributed by atoms with Crippen LogP contribution in [0.5, 0.6) is 5.75 Å². The molecule has 8 heteroatoms. The number of amides is 1. The van der Waals surface area contributed by atoms with Gasteiger partial charge in [0.15, 0.2) is 23.2 Å². The molecule has 0 aliphatic carbocycles. The minimum absolute atomic E-state index is 0.0881. The fourth-order valence-electron chi connectivity index (χ4n) is 4.22. The summed E-state index contributed by atoms with van der Waals surface area (Å²) in [5.74, 6) is -2.41. The number of nitrogens with zero attached hydrogens (tertiary/aromatic N) is 2. The van der Waals surface area contributed by atoms with E-state index in [0.717, 1.165) is 25.0 Å². The second-order valence-corrected chi connectivity index (χ2v) is 7.72. The Morgan fingerprint density at radius 2 is 1.87 bits per heavy atom. The molecule has 158 valence electrons. The Kier molecular flexibility index (Phi) is 5.40. The van der Waals surface area contributed by atoms with E-state index in [9.17, 15) is 23.2 Å². The van der Waals surface area contributed by atoms with Crippen molar-refractivity contribution in [3.8, 4) is 5.75 Å². The zero-order chi connectivity index (χ0) is 21.4. The molecule has 1 aromatic carbocycles. The lowest BCUT2D eigenvalue weighted by Crippen LogP contribution is -2.38. The molecule has 1 saturated heterocycles. The molecule has 2 aromatic rings. The van der Waals surface area contributed by atoms with Crippen LogP contribution < -0.4 is 10.3 Å². The van der Waals surface area contributed by atoms with E-state index in [1.807, 2.05) is 0 Å². The lowest BCUT2D eigenvalue weighted by atomic mass is 10.1. The standard InChI is InChI=1S/C22H22F2N2O4/c1-13(27)15-11-20(30-12-14-4-5-16(23)17(24)10-14)22(29)26-18(15)6-7-19(26)21(28)25-8-2-3-9-25/h4-5,10-11,19H,2-3,6-9,12H2,1H3/t19-/m0/s1. The van der Waals surface area contributed by atoms with Gasteiger partial charge >= 0.3 is 0 Å². The van der Waals surface area contributed by atoms with Gasteiger partial charge in [-0.25, -0.2) is 8.78 Å². The number of halogens is 2. The molecule has 1 aromatic heterocycles. The van der Waals surface area contributed by atoms with Crippen LogP contribution in [0.2, 0.25) is 0 Å². The van der Waals surface area contributed by atoms with Crippen molar-refractivity contribution in [2.24, 2.45) is 0 Å². The molecule has 0 N–H and O–H groups in total. The van der Waals surface area contributed by atoms with Crippen molar-refractivity contribution in [2.45, 2.75) is 45.3 Å². The highest BCUT2D eigenvalue weighted by molar-refractivity contribution is 5.96. The summed E-state index contributed by atoms with van der Waals surface area (Å²) in [6, 6.07) is 4.06. The van der Waals surface area contributed by atoms with Gasteiger partial charge in [-0.1, -0.05) is 6.07 Å². The summed E-state index contributed by atoms with van der Waals surface area (Å²) in [7, 11) is 0. The molecule has 1 atom stereocenters. The summed E-state index contributed by atoms with van der Waals surface area (Å²) in [6.07, 6.45) is 2.79. The first-order valence-electron chi connectivity index (χ1n) is 10.0. The van der Waals surface area contributed by atoms with Crippen LogP contribution in [0.25, 0.3) is 0 Å². The number of pyridine rings is 1. The predicted molar refractivity (Wildman–Crippen MR) is 105 cm³/mol. The Balaban J connectivity index is 1.68. The molecular formula is C22H22F2N2O4. The minimum atomic E-state index is -1.01. The molecule has 6 nitrogen and oxygen atoms in total. The van der Waals surface area contributed by atoms with Crippen LogP contribution in [0.4, 0.5) is 8.78 Å². The Morgan fingerprint density at radius 3 is 2.53 bits per heavy atom. The van der Waals surface area contributed by atoms with Gasteiger partial charge in [-0.3, -0.25) is 19.0 Å². The van der Waals surface area contributed by atoms with Gasteiger partial charge in [-0.05, 0) is 56.4 Å². The van der Waals surface area contributed by atoms with Gasteiger partial charge in [0, 0.05) is 24.3 Å². The summed E-state index contributed by atoms with van der Waals surface area (Å²) >= 11 is 0. The van der Waals surface area contributed by atoms with Crippen molar-refractivity contribution < 1.29 is 23.1 Å². The minimum Gasteiger partial charge on any atom is -0.483 e.